The van der Waals surface area contributed by atoms with Crippen molar-refractivity contribution in [3.05, 3.63) is 49.2 Å². The normalized spacial score (nSPS) is 17.8. The second-order valence-corrected chi connectivity index (χ2v) is 10.9. The minimum absolute atomic E-state index is 0.152. The number of carbonyl (C=O) groups is 1. The van der Waals surface area contributed by atoms with Crippen molar-refractivity contribution in [1.29, 1.82) is 0 Å². The second kappa shape index (κ2) is 9.37. The molecule has 8 nitrogen and oxygen atoms in total. The molecule has 0 atom stereocenters. The Bertz CT molecular complexity index is 1050. The maximum absolute atomic E-state index is 12.4. The molecule has 2 N–H and O–H groups in total. The van der Waals surface area contributed by atoms with Gasteiger partial charge >= 0.3 is 0 Å². The predicted octanol–water partition coefficient (Wildman–Crippen LogP) is 3.12. The van der Waals surface area contributed by atoms with Crippen molar-refractivity contribution < 1.29 is 13.2 Å². The van der Waals surface area contributed by atoms with Crippen LogP contribution in [-0.4, -0.2) is 53.0 Å². The quantitative estimate of drug-likeness (QED) is 0.462. The van der Waals surface area contributed by atoms with Crippen LogP contribution in [0.25, 0.3) is 0 Å². The fourth-order valence-corrected chi connectivity index (χ4v) is 6.05. The van der Waals surface area contributed by atoms with Gasteiger partial charge in [0.2, 0.25) is 21.9 Å². The van der Waals surface area contributed by atoms with Gasteiger partial charge < -0.3 is 10.6 Å². The number of hydrogen-bond donors (Lipinski definition) is 2. The van der Waals surface area contributed by atoms with Crippen molar-refractivity contribution in [1.82, 2.24) is 14.3 Å². The van der Waals surface area contributed by atoms with Gasteiger partial charge in [-0.1, -0.05) is 18.3 Å². The number of nitrogens with zero attached hydrogens (tertiary/aromatic N) is 3. The number of carbonyl (C=O) groups excluding carboxylic acids is 1. The minimum Gasteiger partial charge on any atom is -0.351 e. The van der Waals surface area contributed by atoms with Gasteiger partial charge in [-0.15, -0.1) is 0 Å². The van der Waals surface area contributed by atoms with Gasteiger partial charge in [-0.3, -0.25) is 4.79 Å². The first kappa shape index (κ1) is 21.8. The molecule has 1 aliphatic heterocycles. The Balaban J connectivity index is 1.31. The van der Waals surface area contributed by atoms with Crippen LogP contribution in [0.2, 0.25) is 0 Å². The number of amides is 1. The first-order chi connectivity index (χ1) is 14.9. The molecule has 2 fully saturated rings. The summed E-state index contributed by atoms with van der Waals surface area (Å²) in [5.41, 5.74) is 0.703. The summed E-state index contributed by atoms with van der Waals surface area (Å²) in [6, 6.07) is 9.47. The fourth-order valence-electron chi connectivity index (χ4n) is 3.40. The van der Waals surface area contributed by atoms with E-state index in [0.717, 1.165) is 35.6 Å². The van der Waals surface area contributed by atoms with E-state index in [2.05, 4.69) is 27.2 Å². The number of anilines is 2. The highest BCUT2D eigenvalue weighted by molar-refractivity contribution is 7.99. The molecule has 0 radical (unpaired) electrons. The third-order valence-corrected chi connectivity index (χ3v) is 8.60. The van der Waals surface area contributed by atoms with Crippen LogP contribution in [-0.2, 0) is 14.8 Å². The number of benzene rings is 1. The monoisotopic (exact) mass is 459 g/mol. The number of nitrogens with one attached hydrogen (secondary N) is 2. The van der Waals surface area contributed by atoms with Gasteiger partial charge in [0.1, 0.15) is 5.03 Å². The number of sulfonamides is 1. The summed E-state index contributed by atoms with van der Waals surface area (Å²) in [6.07, 6.45) is 6.02. The fraction of sp³-hybridized carbons (Fsp3) is 0.381. The van der Waals surface area contributed by atoms with E-state index in [1.807, 2.05) is 30.3 Å². The highest BCUT2D eigenvalue weighted by Crippen LogP contribution is 2.33. The Hall–Kier alpha value is -2.43. The maximum atomic E-state index is 12.4. The standard InChI is InChI=1S/C21H25N5O3S2/c1-2-19(27)23-15-3-5-17(6-4-15)30-20-9-12-22-21(25-20)24-16-10-13-26(14-11-16)31(28,29)18-7-8-18/h2-6,9,12,16,18H,1,7-8,10-11,13-14H2,(H,23,27)(H,22,24,25). The van der Waals surface area contributed by atoms with Crippen LogP contribution in [0.3, 0.4) is 0 Å². The summed E-state index contributed by atoms with van der Waals surface area (Å²) < 4.78 is 26.4. The van der Waals surface area contributed by atoms with E-state index < -0.39 is 10.0 Å². The van der Waals surface area contributed by atoms with E-state index in [0.29, 0.717) is 24.7 Å². The smallest absolute Gasteiger partial charge is 0.247 e. The summed E-state index contributed by atoms with van der Waals surface area (Å²) in [6.45, 7) is 4.52. The van der Waals surface area contributed by atoms with Gasteiger partial charge in [0.25, 0.3) is 0 Å². The summed E-state index contributed by atoms with van der Waals surface area (Å²) in [5, 5.41) is 6.71. The van der Waals surface area contributed by atoms with Gasteiger partial charge in [0.05, 0.1) is 5.25 Å². The summed E-state index contributed by atoms with van der Waals surface area (Å²) in [5.74, 6) is 0.297. The van der Waals surface area contributed by atoms with Crippen molar-refractivity contribution in [3.8, 4) is 0 Å². The Labute approximate surface area is 186 Å². The molecular weight excluding hydrogens is 434 g/mol. The molecule has 10 heteroatoms. The Morgan fingerprint density at radius 2 is 1.84 bits per heavy atom. The van der Waals surface area contributed by atoms with Gasteiger partial charge in [0.15, 0.2) is 0 Å². The van der Waals surface area contributed by atoms with Gasteiger partial charge in [-0.05, 0) is 62.1 Å². The Kier molecular flexibility index (Phi) is 6.59. The molecule has 2 aliphatic rings. The van der Waals surface area contributed by atoms with Crippen molar-refractivity contribution in [3.63, 3.8) is 0 Å². The van der Waals surface area contributed by atoms with Crippen LogP contribution in [0, 0.1) is 0 Å². The molecule has 4 rings (SSSR count). The summed E-state index contributed by atoms with van der Waals surface area (Å²) in [7, 11) is -3.09. The lowest BCUT2D eigenvalue weighted by atomic mass is 10.1. The van der Waals surface area contributed by atoms with Crippen molar-refractivity contribution in [2.75, 3.05) is 23.7 Å². The molecule has 164 valence electrons. The number of rotatable bonds is 8. The second-order valence-electron chi connectivity index (χ2n) is 7.60. The number of aromatic nitrogens is 2. The molecule has 1 amide bonds. The molecule has 1 aliphatic carbocycles. The van der Waals surface area contributed by atoms with Crippen LogP contribution in [0.5, 0.6) is 0 Å². The summed E-state index contributed by atoms with van der Waals surface area (Å²) in [4.78, 5) is 21.2. The number of piperidine rings is 1. The highest BCUT2D eigenvalue weighted by atomic mass is 32.2. The van der Waals surface area contributed by atoms with Crippen LogP contribution < -0.4 is 10.6 Å². The lowest BCUT2D eigenvalue weighted by Crippen LogP contribution is -2.43. The zero-order valence-electron chi connectivity index (χ0n) is 17.0. The van der Waals surface area contributed by atoms with Crippen molar-refractivity contribution >= 4 is 39.3 Å². The third-order valence-electron chi connectivity index (χ3n) is 5.25. The van der Waals surface area contributed by atoms with Gasteiger partial charge in [0, 0.05) is 35.9 Å². The first-order valence-electron chi connectivity index (χ1n) is 10.2. The number of hydrogen-bond acceptors (Lipinski definition) is 7. The predicted molar refractivity (Wildman–Crippen MR) is 122 cm³/mol. The van der Waals surface area contributed by atoms with Crippen molar-refractivity contribution in [2.45, 2.75) is 46.9 Å². The van der Waals surface area contributed by atoms with E-state index >= 15 is 0 Å². The average molecular weight is 460 g/mol. The van der Waals surface area contributed by atoms with Gasteiger partial charge in [-0.25, -0.2) is 22.7 Å². The molecule has 0 unspecified atom stereocenters. The lowest BCUT2D eigenvalue weighted by molar-refractivity contribution is -0.111. The van der Waals surface area contributed by atoms with E-state index in [1.165, 1.54) is 17.8 Å². The van der Waals surface area contributed by atoms with E-state index in [9.17, 15) is 13.2 Å². The molecule has 1 saturated heterocycles. The molecule has 2 aromatic rings. The van der Waals surface area contributed by atoms with Crippen molar-refractivity contribution in [2.24, 2.45) is 0 Å². The molecule has 1 saturated carbocycles. The minimum atomic E-state index is -3.09. The lowest BCUT2D eigenvalue weighted by Gasteiger charge is -2.31. The van der Waals surface area contributed by atoms with Crippen LogP contribution in [0.4, 0.5) is 11.6 Å². The highest BCUT2D eigenvalue weighted by Gasteiger charge is 2.41. The first-order valence-corrected chi connectivity index (χ1v) is 12.6. The topological polar surface area (TPSA) is 104 Å². The zero-order valence-corrected chi connectivity index (χ0v) is 18.7. The van der Waals surface area contributed by atoms with Crippen LogP contribution >= 0.6 is 11.8 Å². The van der Waals surface area contributed by atoms with Crippen LogP contribution in [0.15, 0.2) is 59.1 Å². The zero-order chi connectivity index (χ0) is 21.8. The van der Waals surface area contributed by atoms with E-state index in [1.54, 1.807) is 10.5 Å². The van der Waals surface area contributed by atoms with E-state index in [4.69, 9.17) is 0 Å². The molecule has 1 aromatic carbocycles. The Morgan fingerprint density at radius 1 is 1.13 bits per heavy atom. The third kappa shape index (κ3) is 5.63. The van der Waals surface area contributed by atoms with Gasteiger partial charge in [-0.2, -0.15) is 0 Å². The SMILES string of the molecule is C=CC(=O)Nc1ccc(Sc2ccnc(NC3CCN(S(=O)(=O)C4CC4)CC3)n2)cc1. The van der Waals surface area contributed by atoms with Crippen LogP contribution in [0.1, 0.15) is 25.7 Å². The molecule has 0 spiro atoms. The average Bonchev–Trinajstić information content (AvgIpc) is 3.62. The molecule has 0 bridgehead atoms. The molecule has 31 heavy (non-hydrogen) atoms. The maximum Gasteiger partial charge on any atom is 0.247 e. The largest absolute Gasteiger partial charge is 0.351 e. The van der Waals surface area contributed by atoms with E-state index in [-0.39, 0.29) is 17.2 Å². The molecule has 2 heterocycles. The Morgan fingerprint density at radius 3 is 2.48 bits per heavy atom. The molecular formula is C21H25N5O3S2. The molecule has 1 aromatic heterocycles. The summed E-state index contributed by atoms with van der Waals surface area (Å²) >= 11 is 1.50.